The highest BCUT2D eigenvalue weighted by atomic mass is 16.5. The van der Waals surface area contributed by atoms with Crippen LogP contribution in [0.15, 0.2) is 6.20 Å². The number of piperidine rings is 1. The molecular formula is C14H24N4O2. The van der Waals surface area contributed by atoms with Crippen molar-refractivity contribution in [2.45, 2.75) is 45.7 Å². The van der Waals surface area contributed by atoms with Gasteiger partial charge in [0.05, 0.1) is 6.20 Å². The Labute approximate surface area is 119 Å². The lowest BCUT2D eigenvalue weighted by Gasteiger charge is -2.35. The van der Waals surface area contributed by atoms with Crippen LogP contribution in [0.3, 0.4) is 0 Å². The zero-order valence-electron chi connectivity index (χ0n) is 12.3. The molecule has 20 heavy (non-hydrogen) atoms. The molecule has 112 valence electrons. The molecule has 6 heteroatoms. The van der Waals surface area contributed by atoms with Crippen LogP contribution in [0.1, 0.15) is 37.4 Å². The maximum absolute atomic E-state index is 11.4. The Hall–Kier alpha value is -1.56. The topological polar surface area (TPSA) is 70.2 Å². The molecule has 2 rings (SSSR count). The number of alkyl carbamates (subject to hydrolysis) is 1. The molecule has 0 aromatic carbocycles. The van der Waals surface area contributed by atoms with Crippen molar-refractivity contribution in [1.82, 2.24) is 20.4 Å². The Morgan fingerprint density at radius 1 is 1.60 bits per heavy atom. The first kappa shape index (κ1) is 14.8. The molecule has 1 fully saturated rings. The van der Waals surface area contributed by atoms with Gasteiger partial charge in [0.2, 0.25) is 0 Å². The quantitative estimate of drug-likeness (QED) is 0.863. The maximum Gasteiger partial charge on any atom is 0.407 e. The van der Waals surface area contributed by atoms with Crippen LogP contribution in [0, 0.1) is 6.92 Å². The molecule has 1 atom stereocenters. The van der Waals surface area contributed by atoms with Crippen LogP contribution in [0.25, 0.3) is 0 Å². The van der Waals surface area contributed by atoms with E-state index in [1.807, 2.05) is 20.0 Å². The largest absolute Gasteiger partial charge is 0.448 e. The molecule has 0 aliphatic carbocycles. The summed E-state index contributed by atoms with van der Waals surface area (Å²) in [6.07, 6.45) is 5.04. The average Bonchev–Trinajstić information content (AvgIpc) is 2.84. The van der Waals surface area contributed by atoms with Gasteiger partial charge >= 0.3 is 6.09 Å². The fraction of sp³-hybridized carbons (Fsp3) is 0.714. The predicted octanol–water partition coefficient (Wildman–Crippen LogP) is 1.82. The van der Waals surface area contributed by atoms with Crippen molar-refractivity contribution in [3.8, 4) is 0 Å². The van der Waals surface area contributed by atoms with Crippen LogP contribution in [0.5, 0.6) is 0 Å². The van der Waals surface area contributed by atoms with Crippen molar-refractivity contribution in [2.75, 3.05) is 19.7 Å². The normalized spacial score (nSPS) is 19.8. The van der Waals surface area contributed by atoms with Gasteiger partial charge in [-0.15, -0.1) is 0 Å². The van der Waals surface area contributed by atoms with Crippen molar-refractivity contribution >= 4 is 6.09 Å². The SMILES string of the molecule is CCNC(=O)OCC1CCCCN1Cc1cn[nH]c1C. The number of rotatable bonds is 5. The monoisotopic (exact) mass is 280 g/mol. The summed E-state index contributed by atoms with van der Waals surface area (Å²) in [5.74, 6) is 0. The first-order chi connectivity index (χ1) is 9.70. The van der Waals surface area contributed by atoms with E-state index in [2.05, 4.69) is 20.4 Å². The van der Waals surface area contributed by atoms with Gasteiger partial charge in [-0.1, -0.05) is 6.42 Å². The first-order valence-electron chi connectivity index (χ1n) is 7.34. The summed E-state index contributed by atoms with van der Waals surface area (Å²) in [6.45, 7) is 6.90. The number of nitrogens with zero attached hydrogens (tertiary/aromatic N) is 2. The van der Waals surface area contributed by atoms with Crippen molar-refractivity contribution in [2.24, 2.45) is 0 Å². The lowest BCUT2D eigenvalue weighted by molar-refractivity contribution is 0.0641. The summed E-state index contributed by atoms with van der Waals surface area (Å²) in [4.78, 5) is 13.8. The Bertz CT molecular complexity index is 433. The van der Waals surface area contributed by atoms with E-state index >= 15 is 0 Å². The van der Waals surface area contributed by atoms with Crippen molar-refractivity contribution in [3.05, 3.63) is 17.5 Å². The number of aryl methyl sites for hydroxylation is 1. The summed E-state index contributed by atoms with van der Waals surface area (Å²) in [6, 6.07) is 0.306. The minimum atomic E-state index is -0.322. The molecule has 1 aromatic heterocycles. The minimum absolute atomic E-state index is 0.306. The molecule has 1 amide bonds. The lowest BCUT2D eigenvalue weighted by atomic mass is 10.0. The van der Waals surface area contributed by atoms with Gasteiger partial charge in [-0.2, -0.15) is 5.10 Å². The highest BCUT2D eigenvalue weighted by molar-refractivity contribution is 5.66. The van der Waals surface area contributed by atoms with Crippen molar-refractivity contribution in [3.63, 3.8) is 0 Å². The molecule has 2 heterocycles. The van der Waals surface area contributed by atoms with Crippen LogP contribution in [0.4, 0.5) is 4.79 Å². The fourth-order valence-electron chi connectivity index (χ4n) is 2.58. The van der Waals surface area contributed by atoms with E-state index in [0.717, 1.165) is 25.2 Å². The van der Waals surface area contributed by atoms with Gasteiger partial charge < -0.3 is 10.1 Å². The second kappa shape index (κ2) is 7.28. The molecule has 0 radical (unpaired) electrons. The summed E-state index contributed by atoms with van der Waals surface area (Å²) < 4.78 is 5.29. The molecule has 1 aromatic rings. The number of amides is 1. The minimum Gasteiger partial charge on any atom is -0.448 e. The van der Waals surface area contributed by atoms with E-state index in [-0.39, 0.29) is 6.09 Å². The van der Waals surface area contributed by atoms with E-state index in [1.54, 1.807) is 0 Å². The summed E-state index contributed by atoms with van der Waals surface area (Å²) >= 11 is 0. The van der Waals surface area contributed by atoms with E-state index in [0.29, 0.717) is 19.2 Å². The molecule has 1 saturated heterocycles. The second-order valence-electron chi connectivity index (χ2n) is 5.27. The van der Waals surface area contributed by atoms with Crippen LogP contribution in [0.2, 0.25) is 0 Å². The average molecular weight is 280 g/mol. The Morgan fingerprint density at radius 3 is 3.15 bits per heavy atom. The molecule has 1 unspecified atom stereocenters. The number of aromatic amines is 1. The number of H-pyrrole nitrogens is 1. The molecule has 0 spiro atoms. The van der Waals surface area contributed by atoms with E-state index in [4.69, 9.17) is 4.74 Å². The highest BCUT2D eigenvalue weighted by Gasteiger charge is 2.24. The Kier molecular flexibility index (Phi) is 5.40. The molecule has 2 N–H and O–H groups in total. The number of hydrogen-bond donors (Lipinski definition) is 2. The number of nitrogens with one attached hydrogen (secondary N) is 2. The predicted molar refractivity (Wildman–Crippen MR) is 76.4 cm³/mol. The summed E-state index contributed by atoms with van der Waals surface area (Å²) in [7, 11) is 0. The third-order valence-electron chi connectivity index (χ3n) is 3.78. The number of likely N-dealkylation sites (tertiary alicyclic amines) is 1. The summed E-state index contributed by atoms with van der Waals surface area (Å²) in [5.41, 5.74) is 2.33. The van der Waals surface area contributed by atoms with Gasteiger partial charge in [0.1, 0.15) is 6.61 Å². The van der Waals surface area contributed by atoms with Gasteiger partial charge in [-0.3, -0.25) is 10.00 Å². The number of hydrogen-bond acceptors (Lipinski definition) is 4. The number of aromatic nitrogens is 2. The van der Waals surface area contributed by atoms with E-state index in [9.17, 15) is 4.79 Å². The molecular weight excluding hydrogens is 256 g/mol. The van der Waals surface area contributed by atoms with Gasteiger partial charge in [-0.05, 0) is 33.2 Å². The Balaban J connectivity index is 1.88. The molecule has 0 bridgehead atoms. The second-order valence-corrected chi connectivity index (χ2v) is 5.27. The lowest BCUT2D eigenvalue weighted by Crippen LogP contribution is -2.43. The number of ether oxygens (including phenoxy) is 1. The zero-order valence-corrected chi connectivity index (χ0v) is 12.3. The van der Waals surface area contributed by atoms with Crippen LogP contribution < -0.4 is 5.32 Å². The molecule has 1 aliphatic rings. The standard InChI is InChI=1S/C14H24N4O2/c1-3-15-14(19)20-10-13-6-4-5-7-18(13)9-12-8-16-17-11(12)2/h8,13H,3-7,9-10H2,1-2H3,(H,15,19)(H,16,17). The Morgan fingerprint density at radius 2 is 2.45 bits per heavy atom. The summed E-state index contributed by atoms with van der Waals surface area (Å²) in [5, 5.41) is 9.69. The van der Waals surface area contributed by atoms with Crippen LogP contribution >= 0.6 is 0 Å². The van der Waals surface area contributed by atoms with E-state index in [1.165, 1.54) is 18.4 Å². The highest BCUT2D eigenvalue weighted by Crippen LogP contribution is 2.20. The third kappa shape index (κ3) is 3.96. The van der Waals surface area contributed by atoms with Crippen LogP contribution in [-0.4, -0.2) is 46.9 Å². The molecule has 1 aliphatic heterocycles. The van der Waals surface area contributed by atoms with Crippen molar-refractivity contribution < 1.29 is 9.53 Å². The smallest absolute Gasteiger partial charge is 0.407 e. The van der Waals surface area contributed by atoms with Gasteiger partial charge in [0.25, 0.3) is 0 Å². The number of carbonyl (C=O) groups is 1. The fourth-order valence-corrected chi connectivity index (χ4v) is 2.58. The van der Waals surface area contributed by atoms with Gasteiger partial charge in [0, 0.05) is 30.4 Å². The zero-order chi connectivity index (χ0) is 14.4. The molecule has 6 nitrogen and oxygen atoms in total. The van der Waals surface area contributed by atoms with Crippen molar-refractivity contribution in [1.29, 1.82) is 0 Å². The molecule has 0 saturated carbocycles. The first-order valence-corrected chi connectivity index (χ1v) is 7.34. The third-order valence-corrected chi connectivity index (χ3v) is 3.78. The van der Waals surface area contributed by atoms with Crippen LogP contribution in [-0.2, 0) is 11.3 Å². The van der Waals surface area contributed by atoms with E-state index < -0.39 is 0 Å². The van der Waals surface area contributed by atoms with Gasteiger partial charge in [0.15, 0.2) is 0 Å². The van der Waals surface area contributed by atoms with Gasteiger partial charge in [-0.25, -0.2) is 4.79 Å². The number of carbonyl (C=O) groups excluding carboxylic acids is 1. The maximum atomic E-state index is 11.4.